The van der Waals surface area contributed by atoms with Crippen molar-refractivity contribution in [3.8, 4) is 0 Å². The first-order valence-corrected chi connectivity index (χ1v) is 8.19. The molecule has 3 N–H and O–H groups in total. The standard InChI is InChI=1S/C16H24BrN3/c1-3-16(4-2)7-9-20(10-8-16)14-6-5-12(17)11-13(14)15(18)19/h5-6,11H,3-4,7-10H2,1-2H3,(H3,18,19). The first-order chi connectivity index (χ1) is 9.51. The third-order valence-corrected chi connectivity index (χ3v) is 5.41. The van der Waals surface area contributed by atoms with Crippen molar-refractivity contribution in [2.24, 2.45) is 11.1 Å². The Morgan fingerprint density at radius 2 is 1.90 bits per heavy atom. The minimum Gasteiger partial charge on any atom is -0.384 e. The van der Waals surface area contributed by atoms with Crippen LogP contribution in [0.25, 0.3) is 0 Å². The van der Waals surface area contributed by atoms with Gasteiger partial charge in [0.25, 0.3) is 0 Å². The summed E-state index contributed by atoms with van der Waals surface area (Å²) in [7, 11) is 0. The number of nitrogens with one attached hydrogen (secondary N) is 1. The van der Waals surface area contributed by atoms with Crippen molar-refractivity contribution in [2.75, 3.05) is 18.0 Å². The van der Waals surface area contributed by atoms with E-state index in [0.29, 0.717) is 5.41 Å². The smallest absolute Gasteiger partial charge is 0.124 e. The number of halogens is 1. The Bertz CT molecular complexity index is 484. The van der Waals surface area contributed by atoms with E-state index in [4.69, 9.17) is 11.1 Å². The Kier molecular flexibility index (Phi) is 4.74. The van der Waals surface area contributed by atoms with Crippen LogP contribution in [-0.4, -0.2) is 18.9 Å². The summed E-state index contributed by atoms with van der Waals surface area (Å²) in [5.74, 6) is 0.143. The molecule has 1 saturated heterocycles. The molecule has 0 unspecified atom stereocenters. The van der Waals surface area contributed by atoms with Crippen LogP contribution in [0.5, 0.6) is 0 Å². The third kappa shape index (κ3) is 3.00. The zero-order valence-electron chi connectivity index (χ0n) is 12.4. The number of hydrogen-bond donors (Lipinski definition) is 2. The normalized spacial score (nSPS) is 18.1. The second kappa shape index (κ2) is 6.17. The van der Waals surface area contributed by atoms with Gasteiger partial charge in [0.05, 0.1) is 0 Å². The summed E-state index contributed by atoms with van der Waals surface area (Å²) in [5, 5.41) is 7.77. The monoisotopic (exact) mass is 337 g/mol. The van der Waals surface area contributed by atoms with Gasteiger partial charge in [0.2, 0.25) is 0 Å². The van der Waals surface area contributed by atoms with E-state index < -0.39 is 0 Å². The second-order valence-electron chi connectivity index (χ2n) is 5.77. The van der Waals surface area contributed by atoms with E-state index in [0.717, 1.165) is 28.8 Å². The molecule has 1 heterocycles. The average molecular weight is 338 g/mol. The number of amidine groups is 1. The molecule has 0 aliphatic carbocycles. The number of piperidine rings is 1. The van der Waals surface area contributed by atoms with E-state index in [1.807, 2.05) is 12.1 Å². The van der Waals surface area contributed by atoms with E-state index in [1.165, 1.54) is 25.7 Å². The Balaban J connectivity index is 2.21. The summed E-state index contributed by atoms with van der Waals surface area (Å²) in [6, 6.07) is 6.05. The van der Waals surface area contributed by atoms with Gasteiger partial charge >= 0.3 is 0 Å². The van der Waals surface area contributed by atoms with Crippen LogP contribution < -0.4 is 10.6 Å². The lowest BCUT2D eigenvalue weighted by Crippen LogP contribution is -2.40. The van der Waals surface area contributed by atoms with Gasteiger partial charge in [-0.1, -0.05) is 42.6 Å². The zero-order chi connectivity index (χ0) is 14.8. The largest absolute Gasteiger partial charge is 0.384 e. The molecular weight excluding hydrogens is 314 g/mol. The van der Waals surface area contributed by atoms with Crippen molar-refractivity contribution in [2.45, 2.75) is 39.5 Å². The van der Waals surface area contributed by atoms with Crippen LogP contribution in [0.15, 0.2) is 22.7 Å². The number of nitrogen functional groups attached to an aromatic ring is 1. The number of nitrogens with zero attached hydrogens (tertiary/aromatic N) is 1. The fourth-order valence-electron chi connectivity index (χ4n) is 3.18. The molecule has 2 rings (SSSR count). The van der Waals surface area contributed by atoms with Crippen LogP contribution in [-0.2, 0) is 0 Å². The molecule has 0 radical (unpaired) electrons. The van der Waals surface area contributed by atoms with Gasteiger partial charge in [0.1, 0.15) is 5.84 Å². The van der Waals surface area contributed by atoms with E-state index >= 15 is 0 Å². The molecule has 1 fully saturated rings. The zero-order valence-corrected chi connectivity index (χ0v) is 14.0. The van der Waals surface area contributed by atoms with Crippen molar-refractivity contribution < 1.29 is 0 Å². The molecule has 20 heavy (non-hydrogen) atoms. The molecule has 1 aliphatic rings. The van der Waals surface area contributed by atoms with Crippen LogP contribution in [0.4, 0.5) is 5.69 Å². The first-order valence-electron chi connectivity index (χ1n) is 7.40. The van der Waals surface area contributed by atoms with Gasteiger partial charge in [-0.3, -0.25) is 5.41 Å². The van der Waals surface area contributed by atoms with Gasteiger partial charge < -0.3 is 10.6 Å². The molecule has 0 amide bonds. The van der Waals surface area contributed by atoms with Gasteiger partial charge in [0.15, 0.2) is 0 Å². The average Bonchev–Trinajstić information content (AvgIpc) is 2.47. The Morgan fingerprint density at radius 3 is 2.40 bits per heavy atom. The topological polar surface area (TPSA) is 53.1 Å². The Hall–Kier alpha value is -1.03. The third-order valence-electron chi connectivity index (χ3n) is 4.91. The van der Waals surface area contributed by atoms with Gasteiger partial charge in [-0.2, -0.15) is 0 Å². The highest BCUT2D eigenvalue weighted by Crippen LogP contribution is 2.39. The van der Waals surface area contributed by atoms with Crippen molar-refractivity contribution in [3.05, 3.63) is 28.2 Å². The first kappa shape index (κ1) is 15.4. The van der Waals surface area contributed by atoms with Gasteiger partial charge in [0, 0.05) is 28.8 Å². The van der Waals surface area contributed by atoms with Crippen molar-refractivity contribution in [1.29, 1.82) is 5.41 Å². The Morgan fingerprint density at radius 1 is 1.30 bits per heavy atom. The molecule has 1 aliphatic heterocycles. The van der Waals surface area contributed by atoms with E-state index in [2.05, 4.69) is 40.7 Å². The maximum atomic E-state index is 7.77. The summed E-state index contributed by atoms with van der Waals surface area (Å²) < 4.78 is 0.972. The van der Waals surface area contributed by atoms with Crippen LogP contribution in [0.1, 0.15) is 45.1 Å². The molecule has 4 heteroatoms. The van der Waals surface area contributed by atoms with Crippen LogP contribution >= 0.6 is 15.9 Å². The summed E-state index contributed by atoms with van der Waals surface area (Å²) in [5.41, 5.74) is 8.18. The fourth-order valence-corrected chi connectivity index (χ4v) is 3.54. The van der Waals surface area contributed by atoms with Gasteiger partial charge in [-0.05, 0) is 36.5 Å². The van der Waals surface area contributed by atoms with Crippen molar-refractivity contribution in [1.82, 2.24) is 0 Å². The highest BCUT2D eigenvalue weighted by molar-refractivity contribution is 9.10. The quantitative estimate of drug-likeness (QED) is 0.640. The molecule has 0 atom stereocenters. The van der Waals surface area contributed by atoms with Crippen molar-refractivity contribution >= 4 is 27.5 Å². The lowest BCUT2D eigenvalue weighted by molar-refractivity contribution is 0.199. The maximum absolute atomic E-state index is 7.77. The predicted octanol–water partition coefficient (Wildman–Crippen LogP) is 4.14. The molecule has 110 valence electrons. The number of anilines is 1. The van der Waals surface area contributed by atoms with E-state index in [9.17, 15) is 0 Å². The Labute approximate surface area is 130 Å². The van der Waals surface area contributed by atoms with Gasteiger partial charge in [-0.25, -0.2) is 0 Å². The lowest BCUT2D eigenvalue weighted by atomic mass is 9.74. The molecule has 0 spiro atoms. The molecule has 0 aromatic heterocycles. The molecule has 0 bridgehead atoms. The van der Waals surface area contributed by atoms with Crippen LogP contribution in [0.2, 0.25) is 0 Å². The summed E-state index contributed by atoms with van der Waals surface area (Å²) in [6.45, 7) is 6.73. The lowest BCUT2D eigenvalue weighted by Gasteiger charge is -2.42. The van der Waals surface area contributed by atoms with Crippen molar-refractivity contribution in [3.63, 3.8) is 0 Å². The number of hydrogen-bond acceptors (Lipinski definition) is 2. The highest BCUT2D eigenvalue weighted by Gasteiger charge is 2.31. The highest BCUT2D eigenvalue weighted by atomic mass is 79.9. The molecule has 1 aromatic carbocycles. The number of benzene rings is 1. The molecule has 3 nitrogen and oxygen atoms in total. The number of nitrogens with two attached hydrogens (primary N) is 1. The predicted molar refractivity (Wildman–Crippen MR) is 89.6 cm³/mol. The molecular formula is C16H24BrN3. The summed E-state index contributed by atoms with van der Waals surface area (Å²) in [4.78, 5) is 2.38. The fraction of sp³-hybridized carbons (Fsp3) is 0.562. The van der Waals surface area contributed by atoms with Gasteiger partial charge in [-0.15, -0.1) is 0 Å². The minimum absolute atomic E-state index is 0.143. The van der Waals surface area contributed by atoms with E-state index in [1.54, 1.807) is 0 Å². The minimum atomic E-state index is 0.143. The second-order valence-corrected chi connectivity index (χ2v) is 6.68. The van der Waals surface area contributed by atoms with Crippen LogP contribution in [0.3, 0.4) is 0 Å². The molecule has 1 aromatic rings. The summed E-state index contributed by atoms with van der Waals surface area (Å²) >= 11 is 3.46. The molecule has 0 saturated carbocycles. The maximum Gasteiger partial charge on any atom is 0.124 e. The van der Waals surface area contributed by atoms with Crippen LogP contribution in [0, 0.1) is 10.8 Å². The summed E-state index contributed by atoms with van der Waals surface area (Å²) in [6.07, 6.45) is 4.98. The number of rotatable bonds is 4. The SMILES string of the molecule is CCC1(CC)CCN(c2ccc(Br)cc2C(=N)N)CC1. The van der Waals surface area contributed by atoms with E-state index in [-0.39, 0.29) is 5.84 Å².